The molecule has 1 aromatic rings. The van der Waals surface area contributed by atoms with Crippen molar-refractivity contribution in [3.05, 3.63) is 35.9 Å². The van der Waals surface area contributed by atoms with Crippen LogP contribution in [-0.4, -0.2) is 18.6 Å². The SMILES string of the molecule is COC(c1ccccc1)[S+]1CCCC1. The van der Waals surface area contributed by atoms with Gasteiger partial charge in [-0.05, 0) is 12.8 Å². The van der Waals surface area contributed by atoms with E-state index in [9.17, 15) is 0 Å². The lowest BCUT2D eigenvalue weighted by molar-refractivity contribution is 0.173. The Bertz CT molecular complexity index is 267. The summed E-state index contributed by atoms with van der Waals surface area (Å²) in [6, 6.07) is 10.6. The molecule has 1 saturated heterocycles. The van der Waals surface area contributed by atoms with Crippen LogP contribution in [-0.2, 0) is 15.6 Å². The lowest BCUT2D eigenvalue weighted by Gasteiger charge is -2.13. The minimum Gasteiger partial charge on any atom is -0.333 e. The predicted octanol–water partition coefficient (Wildman–Crippen LogP) is 2.74. The molecular formula is C12H17OS+. The highest BCUT2D eigenvalue weighted by atomic mass is 32.2. The molecule has 1 unspecified atom stereocenters. The summed E-state index contributed by atoms with van der Waals surface area (Å²) >= 11 is 0. The van der Waals surface area contributed by atoms with Crippen molar-refractivity contribution in [2.45, 2.75) is 18.3 Å². The van der Waals surface area contributed by atoms with Gasteiger partial charge in [0.1, 0.15) is 11.5 Å². The first-order chi connectivity index (χ1) is 6.92. The molecule has 1 nitrogen and oxygen atoms in total. The number of methoxy groups -OCH3 is 1. The zero-order valence-corrected chi connectivity index (χ0v) is 9.43. The molecule has 0 bridgehead atoms. The maximum atomic E-state index is 5.63. The maximum Gasteiger partial charge on any atom is 0.244 e. The van der Waals surface area contributed by atoms with Crippen molar-refractivity contribution in [1.82, 2.24) is 0 Å². The van der Waals surface area contributed by atoms with Crippen molar-refractivity contribution in [3.63, 3.8) is 0 Å². The normalized spacial score (nSPS) is 19.8. The highest BCUT2D eigenvalue weighted by Gasteiger charge is 2.34. The van der Waals surface area contributed by atoms with E-state index in [4.69, 9.17) is 4.74 Å². The van der Waals surface area contributed by atoms with Gasteiger partial charge in [0.05, 0.1) is 0 Å². The number of benzene rings is 1. The Balaban J connectivity index is 2.12. The molecule has 0 N–H and O–H groups in total. The number of rotatable bonds is 3. The maximum absolute atomic E-state index is 5.63. The Morgan fingerprint density at radius 3 is 2.36 bits per heavy atom. The summed E-state index contributed by atoms with van der Waals surface area (Å²) in [5, 5.41) is 0. The molecule has 2 rings (SSSR count). The van der Waals surface area contributed by atoms with Crippen molar-refractivity contribution >= 4 is 10.9 Å². The van der Waals surface area contributed by atoms with Crippen LogP contribution in [0.2, 0.25) is 0 Å². The summed E-state index contributed by atoms with van der Waals surface area (Å²) in [6.45, 7) is 0. The lowest BCUT2D eigenvalue weighted by Crippen LogP contribution is -2.17. The third-order valence-corrected chi connectivity index (χ3v) is 5.35. The Hall–Kier alpha value is -0.470. The fourth-order valence-electron chi connectivity index (χ4n) is 1.97. The second kappa shape index (κ2) is 4.85. The van der Waals surface area contributed by atoms with Gasteiger partial charge in [-0.2, -0.15) is 0 Å². The van der Waals surface area contributed by atoms with Gasteiger partial charge in [-0.25, -0.2) is 0 Å². The highest BCUT2D eigenvalue weighted by molar-refractivity contribution is 7.97. The molecular weight excluding hydrogens is 192 g/mol. The molecule has 1 aliphatic heterocycles. The quantitative estimate of drug-likeness (QED) is 0.696. The fourth-order valence-corrected chi connectivity index (χ4v) is 4.56. The Morgan fingerprint density at radius 1 is 1.14 bits per heavy atom. The van der Waals surface area contributed by atoms with Crippen LogP contribution < -0.4 is 0 Å². The van der Waals surface area contributed by atoms with Gasteiger partial charge in [0.25, 0.3) is 0 Å². The summed E-state index contributed by atoms with van der Waals surface area (Å²) in [4.78, 5) is 0. The van der Waals surface area contributed by atoms with E-state index in [0.29, 0.717) is 16.3 Å². The average molecular weight is 209 g/mol. The van der Waals surface area contributed by atoms with E-state index in [1.165, 1.54) is 29.9 Å². The van der Waals surface area contributed by atoms with Gasteiger partial charge in [0.2, 0.25) is 5.44 Å². The monoisotopic (exact) mass is 209 g/mol. The minimum absolute atomic E-state index is 0.346. The van der Waals surface area contributed by atoms with Crippen LogP contribution in [0.1, 0.15) is 23.8 Å². The van der Waals surface area contributed by atoms with Gasteiger partial charge in [-0.1, -0.05) is 30.3 Å². The molecule has 1 aliphatic rings. The first-order valence-corrected chi connectivity index (χ1v) is 6.78. The van der Waals surface area contributed by atoms with Gasteiger partial charge in [-0.3, -0.25) is 0 Å². The van der Waals surface area contributed by atoms with Crippen molar-refractivity contribution in [2.75, 3.05) is 18.6 Å². The zero-order chi connectivity index (χ0) is 9.80. The molecule has 1 aromatic carbocycles. The van der Waals surface area contributed by atoms with Gasteiger partial charge >= 0.3 is 0 Å². The highest BCUT2D eigenvalue weighted by Crippen LogP contribution is 2.30. The van der Waals surface area contributed by atoms with Gasteiger partial charge in [-0.15, -0.1) is 0 Å². The van der Waals surface area contributed by atoms with Crippen molar-refractivity contribution in [3.8, 4) is 0 Å². The molecule has 1 fully saturated rings. The molecule has 1 atom stereocenters. The Morgan fingerprint density at radius 2 is 1.79 bits per heavy atom. The Labute approximate surface area is 88.8 Å². The second-order valence-corrected chi connectivity index (χ2v) is 5.95. The molecule has 1 heterocycles. The van der Waals surface area contributed by atoms with Gasteiger partial charge in [0.15, 0.2) is 0 Å². The van der Waals surface area contributed by atoms with Crippen molar-refractivity contribution in [2.24, 2.45) is 0 Å². The van der Waals surface area contributed by atoms with E-state index in [0.717, 1.165) is 0 Å². The van der Waals surface area contributed by atoms with Crippen LogP contribution in [0.25, 0.3) is 0 Å². The molecule has 76 valence electrons. The summed E-state index contributed by atoms with van der Waals surface area (Å²) in [7, 11) is 2.30. The second-order valence-electron chi connectivity index (χ2n) is 3.63. The first kappa shape index (κ1) is 10.1. The van der Waals surface area contributed by atoms with Crippen molar-refractivity contribution < 1.29 is 4.74 Å². The van der Waals surface area contributed by atoms with Crippen LogP contribution in [0.4, 0.5) is 0 Å². The topological polar surface area (TPSA) is 9.23 Å². The summed E-state index contributed by atoms with van der Waals surface area (Å²) in [6.07, 6.45) is 2.77. The third kappa shape index (κ3) is 2.12. The van der Waals surface area contributed by atoms with Gasteiger partial charge < -0.3 is 4.74 Å². The summed E-state index contributed by atoms with van der Waals surface area (Å²) < 4.78 is 5.63. The lowest BCUT2D eigenvalue weighted by atomic mass is 10.2. The van der Waals surface area contributed by atoms with E-state index in [2.05, 4.69) is 30.3 Å². The summed E-state index contributed by atoms with van der Waals surface area (Å²) in [5.41, 5.74) is 1.69. The third-order valence-electron chi connectivity index (χ3n) is 2.65. The first-order valence-electron chi connectivity index (χ1n) is 5.16. The summed E-state index contributed by atoms with van der Waals surface area (Å²) in [5.74, 6) is 2.71. The molecule has 0 aromatic heterocycles. The minimum atomic E-state index is 0.346. The molecule has 0 amide bonds. The van der Waals surface area contributed by atoms with E-state index in [1.807, 2.05) is 7.11 Å². The van der Waals surface area contributed by atoms with Crippen LogP contribution in [0.15, 0.2) is 30.3 Å². The molecule has 0 radical (unpaired) electrons. The average Bonchev–Trinajstić information content (AvgIpc) is 2.74. The number of ether oxygens (including phenoxy) is 1. The largest absolute Gasteiger partial charge is 0.333 e. The smallest absolute Gasteiger partial charge is 0.244 e. The van der Waals surface area contributed by atoms with E-state index < -0.39 is 0 Å². The van der Waals surface area contributed by atoms with Gasteiger partial charge in [0, 0.05) is 23.6 Å². The molecule has 2 heteroatoms. The Kier molecular flexibility index (Phi) is 3.49. The molecule has 0 saturated carbocycles. The predicted molar refractivity (Wildman–Crippen MR) is 62.5 cm³/mol. The molecule has 14 heavy (non-hydrogen) atoms. The van der Waals surface area contributed by atoms with Crippen LogP contribution in [0, 0.1) is 0 Å². The number of hydrogen-bond donors (Lipinski definition) is 0. The fraction of sp³-hybridized carbons (Fsp3) is 0.500. The van der Waals surface area contributed by atoms with E-state index in [1.54, 1.807) is 0 Å². The zero-order valence-electron chi connectivity index (χ0n) is 8.61. The van der Waals surface area contributed by atoms with Crippen molar-refractivity contribution in [1.29, 1.82) is 0 Å². The van der Waals surface area contributed by atoms with Crippen LogP contribution >= 0.6 is 0 Å². The molecule has 0 aliphatic carbocycles. The van der Waals surface area contributed by atoms with E-state index >= 15 is 0 Å². The van der Waals surface area contributed by atoms with E-state index in [-0.39, 0.29) is 0 Å². The number of hydrogen-bond acceptors (Lipinski definition) is 1. The molecule has 0 spiro atoms. The van der Waals surface area contributed by atoms with Crippen LogP contribution in [0.3, 0.4) is 0 Å². The standard InChI is InChI=1S/C12H17OS/c1-13-12(14-9-5-6-10-14)11-7-3-2-4-8-11/h2-4,7-8,12H,5-6,9-10H2,1H3/q+1. The van der Waals surface area contributed by atoms with Crippen LogP contribution in [0.5, 0.6) is 0 Å².